The standard InChI is InChI=1S/C21H26N4O6S/c1-2-4-20(21(22)26)32(29,30)24(18-5-3-6-19(15-18)25(27)28)17-9-7-16(8-10-17)23-11-13-31-14-12-23/h3,5-10,15,20H,2,4,11-14H2,1H3,(H2,22,26). The van der Waals surface area contributed by atoms with Gasteiger partial charge in [0.05, 0.1) is 29.5 Å². The number of ether oxygens (including phenoxy) is 1. The van der Waals surface area contributed by atoms with Gasteiger partial charge < -0.3 is 15.4 Å². The smallest absolute Gasteiger partial charge is 0.271 e. The zero-order chi connectivity index (χ0) is 23.3. The first-order valence-corrected chi connectivity index (χ1v) is 11.8. The van der Waals surface area contributed by atoms with Crippen LogP contribution < -0.4 is 14.9 Å². The number of benzene rings is 2. The Hall–Kier alpha value is -3.18. The molecule has 1 aliphatic rings. The van der Waals surface area contributed by atoms with Crippen molar-refractivity contribution in [3.05, 3.63) is 58.6 Å². The summed E-state index contributed by atoms with van der Waals surface area (Å²) in [5.74, 6) is -0.966. The number of non-ortho nitro benzene ring substituents is 1. The summed E-state index contributed by atoms with van der Waals surface area (Å²) in [4.78, 5) is 24.8. The van der Waals surface area contributed by atoms with Crippen molar-refractivity contribution in [2.75, 3.05) is 35.5 Å². The highest BCUT2D eigenvalue weighted by Gasteiger charge is 2.37. The summed E-state index contributed by atoms with van der Waals surface area (Å²) in [5, 5.41) is 9.81. The molecule has 0 saturated carbocycles. The molecule has 0 aromatic heterocycles. The van der Waals surface area contributed by atoms with Crippen LogP contribution in [0.1, 0.15) is 19.8 Å². The van der Waals surface area contributed by atoms with E-state index in [4.69, 9.17) is 10.5 Å². The lowest BCUT2D eigenvalue weighted by Gasteiger charge is -2.30. The Labute approximate surface area is 186 Å². The van der Waals surface area contributed by atoms with E-state index in [1.165, 1.54) is 18.2 Å². The lowest BCUT2D eigenvalue weighted by molar-refractivity contribution is -0.384. The van der Waals surface area contributed by atoms with Crippen LogP contribution in [-0.4, -0.2) is 50.8 Å². The zero-order valence-electron chi connectivity index (χ0n) is 17.7. The highest BCUT2D eigenvalue weighted by atomic mass is 32.2. The number of hydrogen-bond donors (Lipinski definition) is 1. The maximum absolute atomic E-state index is 13.6. The van der Waals surface area contributed by atoms with E-state index in [0.717, 1.165) is 16.1 Å². The van der Waals surface area contributed by atoms with Crippen molar-refractivity contribution in [1.29, 1.82) is 0 Å². The molecule has 1 saturated heterocycles. The lowest BCUT2D eigenvalue weighted by atomic mass is 10.2. The number of primary amides is 1. The molecule has 0 radical (unpaired) electrons. The molecule has 172 valence electrons. The largest absolute Gasteiger partial charge is 0.378 e. The van der Waals surface area contributed by atoms with E-state index in [1.807, 2.05) is 0 Å². The molecule has 2 aromatic rings. The fourth-order valence-corrected chi connectivity index (χ4v) is 5.53. The predicted molar refractivity (Wildman–Crippen MR) is 122 cm³/mol. The van der Waals surface area contributed by atoms with Crippen molar-refractivity contribution in [1.82, 2.24) is 0 Å². The fraction of sp³-hybridized carbons (Fsp3) is 0.381. The Balaban J connectivity index is 2.09. The summed E-state index contributed by atoms with van der Waals surface area (Å²) in [7, 11) is -4.31. The summed E-state index contributed by atoms with van der Waals surface area (Å²) in [6, 6.07) is 12.1. The van der Waals surface area contributed by atoms with Gasteiger partial charge in [-0.3, -0.25) is 14.9 Å². The van der Waals surface area contributed by atoms with Gasteiger partial charge in [-0.05, 0) is 36.8 Å². The van der Waals surface area contributed by atoms with Crippen LogP contribution in [0.2, 0.25) is 0 Å². The Bertz CT molecular complexity index is 1070. The molecule has 1 atom stereocenters. The Kier molecular flexibility index (Phi) is 7.31. The van der Waals surface area contributed by atoms with Crippen LogP contribution >= 0.6 is 0 Å². The average molecular weight is 463 g/mol. The van der Waals surface area contributed by atoms with Crippen LogP contribution in [0.5, 0.6) is 0 Å². The summed E-state index contributed by atoms with van der Waals surface area (Å²) >= 11 is 0. The molecule has 32 heavy (non-hydrogen) atoms. The molecule has 1 unspecified atom stereocenters. The number of nitro benzene ring substituents is 1. The third-order valence-electron chi connectivity index (χ3n) is 5.22. The fourth-order valence-electron chi connectivity index (χ4n) is 3.62. The molecule has 1 fully saturated rings. The molecule has 10 nitrogen and oxygen atoms in total. The van der Waals surface area contributed by atoms with Gasteiger partial charge in [0.25, 0.3) is 15.7 Å². The molecule has 2 N–H and O–H groups in total. The van der Waals surface area contributed by atoms with Crippen molar-refractivity contribution >= 4 is 38.7 Å². The van der Waals surface area contributed by atoms with Crippen molar-refractivity contribution in [2.45, 2.75) is 25.0 Å². The van der Waals surface area contributed by atoms with Crippen LogP contribution in [0.15, 0.2) is 48.5 Å². The van der Waals surface area contributed by atoms with Crippen molar-refractivity contribution in [3.63, 3.8) is 0 Å². The number of hydrogen-bond acceptors (Lipinski definition) is 7. The van der Waals surface area contributed by atoms with Crippen LogP contribution in [-0.2, 0) is 19.6 Å². The molecule has 1 aliphatic heterocycles. The maximum atomic E-state index is 13.6. The third-order valence-corrected chi connectivity index (χ3v) is 7.34. The van der Waals surface area contributed by atoms with E-state index in [9.17, 15) is 23.3 Å². The van der Waals surface area contributed by atoms with Crippen LogP contribution in [0.3, 0.4) is 0 Å². The minimum atomic E-state index is -4.31. The molecule has 11 heteroatoms. The van der Waals surface area contributed by atoms with Gasteiger partial charge in [0.2, 0.25) is 5.91 Å². The number of morpholine rings is 1. The SMILES string of the molecule is CCCC(C(N)=O)S(=O)(=O)N(c1ccc(N2CCOCC2)cc1)c1cccc([N+](=O)[O-])c1. The molecule has 3 rings (SSSR count). The van der Waals surface area contributed by atoms with Crippen molar-refractivity contribution in [2.24, 2.45) is 5.73 Å². The van der Waals surface area contributed by atoms with Gasteiger partial charge in [0.15, 0.2) is 5.25 Å². The predicted octanol–water partition coefficient (Wildman–Crippen LogP) is 2.55. The Morgan fingerprint density at radius 1 is 1.19 bits per heavy atom. The number of nitro groups is 1. The number of nitrogens with two attached hydrogens (primary N) is 1. The number of anilines is 3. The van der Waals surface area contributed by atoms with Gasteiger partial charge in [-0.2, -0.15) is 0 Å². The molecule has 1 amide bonds. The first-order chi connectivity index (χ1) is 15.3. The average Bonchev–Trinajstić information content (AvgIpc) is 2.78. The van der Waals surface area contributed by atoms with E-state index in [0.29, 0.717) is 32.7 Å². The van der Waals surface area contributed by atoms with Gasteiger partial charge in [-0.15, -0.1) is 0 Å². The first kappa shape index (κ1) is 23.5. The summed E-state index contributed by atoms with van der Waals surface area (Å²) in [6.45, 7) is 4.39. The second kappa shape index (κ2) is 9.96. The van der Waals surface area contributed by atoms with Gasteiger partial charge in [-0.1, -0.05) is 19.4 Å². The minimum Gasteiger partial charge on any atom is -0.378 e. The second-order valence-electron chi connectivity index (χ2n) is 7.38. The summed E-state index contributed by atoms with van der Waals surface area (Å²) < 4.78 is 33.4. The van der Waals surface area contributed by atoms with Crippen molar-refractivity contribution in [3.8, 4) is 0 Å². The van der Waals surface area contributed by atoms with E-state index in [1.54, 1.807) is 31.2 Å². The normalized spacial score (nSPS) is 15.2. The van der Waals surface area contributed by atoms with E-state index in [-0.39, 0.29) is 23.5 Å². The Morgan fingerprint density at radius 2 is 1.84 bits per heavy atom. The van der Waals surface area contributed by atoms with Crippen LogP contribution in [0.25, 0.3) is 0 Å². The van der Waals surface area contributed by atoms with E-state index < -0.39 is 26.1 Å². The van der Waals surface area contributed by atoms with E-state index in [2.05, 4.69) is 4.90 Å². The third kappa shape index (κ3) is 5.00. The maximum Gasteiger partial charge on any atom is 0.271 e. The van der Waals surface area contributed by atoms with Crippen LogP contribution in [0, 0.1) is 10.1 Å². The topological polar surface area (TPSA) is 136 Å². The van der Waals surface area contributed by atoms with Crippen molar-refractivity contribution < 1.29 is 22.9 Å². The van der Waals surface area contributed by atoms with Gasteiger partial charge in [-0.25, -0.2) is 12.7 Å². The lowest BCUT2D eigenvalue weighted by Crippen LogP contribution is -2.43. The molecule has 0 aliphatic carbocycles. The first-order valence-electron chi connectivity index (χ1n) is 10.3. The second-order valence-corrected chi connectivity index (χ2v) is 9.35. The molecular formula is C21H26N4O6S. The molecule has 2 aromatic carbocycles. The summed E-state index contributed by atoms with van der Waals surface area (Å²) in [5.41, 5.74) is 6.37. The van der Waals surface area contributed by atoms with Crippen LogP contribution in [0.4, 0.5) is 22.7 Å². The number of nitrogens with zero attached hydrogens (tertiary/aromatic N) is 3. The van der Waals surface area contributed by atoms with Gasteiger partial charge in [0.1, 0.15) is 0 Å². The highest BCUT2D eigenvalue weighted by Crippen LogP contribution is 2.35. The molecule has 1 heterocycles. The number of carbonyl (C=O) groups is 1. The van der Waals surface area contributed by atoms with Gasteiger partial charge in [0, 0.05) is 30.9 Å². The highest BCUT2D eigenvalue weighted by molar-refractivity contribution is 7.94. The van der Waals surface area contributed by atoms with Gasteiger partial charge >= 0.3 is 0 Å². The monoisotopic (exact) mass is 462 g/mol. The molecular weight excluding hydrogens is 436 g/mol. The van der Waals surface area contributed by atoms with E-state index >= 15 is 0 Å². The zero-order valence-corrected chi connectivity index (χ0v) is 18.5. The summed E-state index contributed by atoms with van der Waals surface area (Å²) in [6.07, 6.45) is 0.459. The Morgan fingerprint density at radius 3 is 2.41 bits per heavy atom. The molecule has 0 spiro atoms. The minimum absolute atomic E-state index is 0.0367. The quantitative estimate of drug-likeness (QED) is 0.447. The number of amides is 1. The number of rotatable bonds is 9. The number of carbonyl (C=O) groups excluding carboxylic acids is 1. The molecule has 0 bridgehead atoms. The number of sulfonamides is 1.